The van der Waals surface area contributed by atoms with Gasteiger partial charge in [0.15, 0.2) is 11.5 Å². The Morgan fingerprint density at radius 1 is 1.29 bits per heavy atom. The van der Waals surface area contributed by atoms with E-state index in [-0.39, 0.29) is 0 Å². The molecule has 0 unspecified atom stereocenters. The molecule has 0 radical (unpaired) electrons. The third kappa shape index (κ3) is 1.27. The average Bonchev–Trinajstić information content (AvgIpc) is 2.57. The van der Waals surface area contributed by atoms with Crippen molar-refractivity contribution < 1.29 is 0 Å². The van der Waals surface area contributed by atoms with Gasteiger partial charge in [-0.25, -0.2) is 9.50 Å². The smallest absolute Gasteiger partial charge is 0.177 e. The second kappa shape index (κ2) is 3.04. The molecule has 0 saturated carbocycles. The van der Waals surface area contributed by atoms with Crippen LogP contribution in [0, 0.1) is 13.8 Å². The van der Waals surface area contributed by atoms with E-state index in [9.17, 15) is 0 Å². The lowest BCUT2D eigenvalue weighted by Crippen LogP contribution is -1.97. The Bertz CT molecular complexity index is 431. The van der Waals surface area contributed by atoms with E-state index < -0.39 is 0 Å². The SMILES string of the molecule is Cc1ncc(C)n2nc(C(C)C)nc12. The monoisotopic (exact) mass is 190 g/mol. The van der Waals surface area contributed by atoms with Crippen molar-refractivity contribution in [2.45, 2.75) is 33.6 Å². The minimum absolute atomic E-state index is 0.355. The number of hydrogen-bond acceptors (Lipinski definition) is 3. The molecule has 2 heterocycles. The van der Waals surface area contributed by atoms with Gasteiger partial charge in [0, 0.05) is 12.1 Å². The molecule has 0 saturated heterocycles. The van der Waals surface area contributed by atoms with Crippen LogP contribution in [0.3, 0.4) is 0 Å². The molecule has 0 bridgehead atoms. The lowest BCUT2D eigenvalue weighted by molar-refractivity contribution is 0.757. The van der Waals surface area contributed by atoms with Crippen LogP contribution in [0.2, 0.25) is 0 Å². The zero-order valence-corrected chi connectivity index (χ0v) is 8.94. The largest absolute Gasteiger partial charge is 0.256 e. The van der Waals surface area contributed by atoms with Crippen molar-refractivity contribution in [3.05, 3.63) is 23.4 Å². The van der Waals surface area contributed by atoms with Gasteiger partial charge in [-0.05, 0) is 13.8 Å². The number of hydrogen-bond donors (Lipinski definition) is 0. The van der Waals surface area contributed by atoms with Gasteiger partial charge in [-0.1, -0.05) is 13.8 Å². The van der Waals surface area contributed by atoms with Gasteiger partial charge in [0.2, 0.25) is 0 Å². The van der Waals surface area contributed by atoms with E-state index in [1.54, 1.807) is 0 Å². The highest BCUT2D eigenvalue weighted by Crippen LogP contribution is 2.13. The van der Waals surface area contributed by atoms with E-state index in [0.717, 1.165) is 22.9 Å². The summed E-state index contributed by atoms with van der Waals surface area (Å²) < 4.78 is 1.86. The molecule has 14 heavy (non-hydrogen) atoms. The van der Waals surface area contributed by atoms with E-state index in [0.29, 0.717) is 5.92 Å². The van der Waals surface area contributed by atoms with Crippen molar-refractivity contribution in [3.8, 4) is 0 Å². The summed E-state index contributed by atoms with van der Waals surface area (Å²) in [6.45, 7) is 8.12. The maximum Gasteiger partial charge on any atom is 0.177 e. The summed E-state index contributed by atoms with van der Waals surface area (Å²) in [5.41, 5.74) is 2.81. The van der Waals surface area contributed by atoms with Crippen molar-refractivity contribution in [1.82, 2.24) is 19.6 Å². The van der Waals surface area contributed by atoms with Gasteiger partial charge in [0.25, 0.3) is 0 Å². The molecule has 4 heteroatoms. The second-order valence-electron chi connectivity index (χ2n) is 3.85. The molecule has 0 aliphatic carbocycles. The first-order valence-corrected chi connectivity index (χ1v) is 4.78. The highest BCUT2D eigenvalue weighted by atomic mass is 15.3. The van der Waals surface area contributed by atoms with Crippen molar-refractivity contribution in [2.75, 3.05) is 0 Å². The molecule has 2 aromatic heterocycles. The number of fused-ring (bicyclic) bond motifs is 1. The molecule has 0 spiro atoms. The maximum absolute atomic E-state index is 4.46. The Kier molecular flexibility index (Phi) is 1.98. The molecule has 0 atom stereocenters. The molecule has 0 amide bonds. The first-order chi connectivity index (χ1) is 6.59. The molecule has 0 fully saturated rings. The summed E-state index contributed by atoms with van der Waals surface area (Å²) in [5.74, 6) is 1.23. The Hall–Kier alpha value is -1.45. The van der Waals surface area contributed by atoms with E-state index >= 15 is 0 Å². The van der Waals surface area contributed by atoms with Gasteiger partial charge in [0.1, 0.15) is 0 Å². The maximum atomic E-state index is 4.46. The standard InChI is InChI=1S/C10H14N4/c1-6(2)9-12-10-8(4)11-5-7(3)14(10)13-9/h5-6H,1-4H3. The van der Waals surface area contributed by atoms with Crippen molar-refractivity contribution in [2.24, 2.45) is 0 Å². The van der Waals surface area contributed by atoms with Crippen LogP contribution < -0.4 is 0 Å². The van der Waals surface area contributed by atoms with Crippen molar-refractivity contribution >= 4 is 5.65 Å². The molecule has 74 valence electrons. The lowest BCUT2D eigenvalue weighted by Gasteiger charge is -1.97. The fourth-order valence-corrected chi connectivity index (χ4v) is 1.36. The quantitative estimate of drug-likeness (QED) is 0.689. The van der Waals surface area contributed by atoms with E-state index in [1.807, 2.05) is 24.6 Å². The van der Waals surface area contributed by atoms with E-state index in [4.69, 9.17) is 0 Å². The summed E-state index contributed by atoms with van der Waals surface area (Å²) in [6.07, 6.45) is 1.82. The summed E-state index contributed by atoms with van der Waals surface area (Å²) in [6, 6.07) is 0. The molecule has 2 aromatic rings. The summed E-state index contributed by atoms with van der Waals surface area (Å²) in [5, 5.41) is 4.44. The summed E-state index contributed by atoms with van der Waals surface area (Å²) in [4.78, 5) is 8.72. The topological polar surface area (TPSA) is 43.1 Å². The minimum atomic E-state index is 0.355. The van der Waals surface area contributed by atoms with Gasteiger partial charge in [-0.3, -0.25) is 4.98 Å². The van der Waals surface area contributed by atoms with Crippen LogP contribution in [0.25, 0.3) is 5.65 Å². The lowest BCUT2D eigenvalue weighted by atomic mass is 10.2. The Balaban J connectivity index is 2.75. The highest BCUT2D eigenvalue weighted by Gasteiger charge is 2.10. The van der Waals surface area contributed by atoms with E-state index in [1.165, 1.54) is 0 Å². The Morgan fingerprint density at radius 2 is 2.00 bits per heavy atom. The molecular formula is C10H14N4. The van der Waals surface area contributed by atoms with Crippen molar-refractivity contribution in [3.63, 3.8) is 0 Å². The normalized spacial score (nSPS) is 11.5. The number of aromatic nitrogens is 4. The van der Waals surface area contributed by atoms with Crippen LogP contribution >= 0.6 is 0 Å². The van der Waals surface area contributed by atoms with Gasteiger partial charge >= 0.3 is 0 Å². The molecular weight excluding hydrogens is 176 g/mol. The average molecular weight is 190 g/mol. The predicted molar refractivity (Wildman–Crippen MR) is 54.3 cm³/mol. The van der Waals surface area contributed by atoms with Crippen LogP contribution in [0.1, 0.15) is 37.0 Å². The van der Waals surface area contributed by atoms with Crippen LogP contribution in [0.15, 0.2) is 6.20 Å². The van der Waals surface area contributed by atoms with Crippen LogP contribution in [0.4, 0.5) is 0 Å². The summed E-state index contributed by atoms with van der Waals surface area (Å²) in [7, 11) is 0. The fraction of sp³-hybridized carbons (Fsp3) is 0.500. The zero-order valence-electron chi connectivity index (χ0n) is 8.94. The molecule has 0 aromatic carbocycles. The number of nitrogens with zero attached hydrogens (tertiary/aromatic N) is 4. The predicted octanol–water partition coefficient (Wildman–Crippen LogP) is 1.86. The first kappa shape index (κ1) is 9.12. The Labute approximate surface area is 83.0 Å². The van der Waals surface area contributed by atoms with Crippen LogP contribution in [-0.2, 0) is 0 Å². The molecule has 2 rings (SSSR count). The first-order valence-electron chi connectivity index (χ1n) is 4.78. The Morgan fingerprint density at radius 3 is 2.57 bits per heavy atom. The minimum Gasteiger partial charge on any atom is -0.256 e. The molecule has 0 aliphatic heterocycles. The number of rotatable bonds is 1. The van der Waals surface area contributed by atoms with Gasteiger partial charge in [-0.2, -0.15) is 5.10 Å². The van der Waals surface area contributed by atoms with E-state index in [2.05, 4.69) is 28.9 Å². The third-order valence-electron chi connectivity index (χ3n) is 2.24. The second-order valence-corrected chi connectivity index (χ2v) is 3.85. The van der Waals surface area contributed by atoms with Gasteiger partial charge in [-0.15, -0.1) is 0 Å². The van der Waals surface area contributed by atoms with Crippen molar-refractivity contribution in [1.29, 1.82) is 0 Å². The fourth-order valence-electron chi connectivity index (χ4n) is 1.36. The van der Waals surface area contributed by atoms with Crippen LogP contribution in [-0.4, -0.2) is 19.6 Å². The molecule has 0 N–H and O–H groups in total. The third-order valence-corrected chi connectivity index (χ3v) is 2.24. The van der Waals surface area contributed by atoms with Gasteiger partial charge in [0.05, 0.1) is 11.4 Å². The van der Waals surface area contributed by atoms with Gasteiger partial charge < -0.3 is 0 Å². The highest BCUT2D eigenvalue weighted by molar-refractivity contribution is 5.43. The summed E-state index contributed by atoms with van der Waals surface area (Å²) >= 11 is 0. The molecule has 4 nitrogen and oxygen atoms in total. The zero-order chi connectivity index (χ0) is 10.3. The molecule has 0 aliphatic rings. The number of aryl methyl sites for hydroxylation is 2. The van der Waals surface area contributed by atoms with Crippen LogP contribution in [0.5, 0.6) is 0 Å².